The van der Waals surface area contributed by atoms with E-state index in [0.29, 0.717) is 16.1 Å². The molecule has 0 spiro atoms. The number of phosphoric acid groups is 1. The largest absolute Gasteiger partial charge is 0.534 e. The van der Waals surface area contributed by atoms with Crippen LogP contribution >= 0.6 is 23.8 Å². The monoisotopic (exact) mass is 747 g/mol. The number of hydrogen-bond donors (Lipinski definition) is 1. The number of methoxy groups -OCH3 is 1. The van der Waals surface area contributed by atoms with E-state index in [9.17, 15) is 38.2 Å². The van der Waals surface area contributed by atoms with E-state index < -0.39 is 85.3 Å². The predicted octanol–water partition coefficient (Wildman–Crippen LogP) is 2.27. The van der Waals surface area contributed by atoms with Crippen molar-refractivity contribution in [2.45, 2.75) is 57.7 Å². The second kappa shape index (κ2) is 17.0. The van der Waals surface area contributed by atoms with Gasteiger partial charge in [-0.15, -0.1) is 0 Å². The molecule has 3 unspecified atom stereocenters. The first kappa shape index (κ1) is 41.4. The quantitative estimate of drug-likeness (QED) is 0.0382. The zero-order valence-corrected chi connectivity index (χ0v) is 29.9. The molecule has 17 nitrogen and oxygen atoms in total. The Bertz CT molecular complexity index is 1170. The lowest BCUT2D eigenvalue weighted by Crippen LogP contribution is -2.45. The van der Waals surface area contributed by atoms with Gasteiger partial charge in [0.15, 0.2) is 0 Å². The average molecular weight is 749 g/mol. The topological polar surface area (TPSA) is 208 Å². The smallest absolute Gasteiger partial charge is 0.468 e. The maximum atomic E-state index is 13.4. The van der Waals surface area contributed by atoms with Crippen molar-refractivity contribution < 1.29 is 75.5 Å². The number of phosphoric ester groups is 1. The van der Waals surface area contributed by atoms with E-state index in [0.717, 1.165) is 0 Å². The first-order chi connectivity index (χ1) is 20.9. The number of alkyl halides is 1. The Balaban J connectivity index is 2.82. The van der Waals surface area contributed by atoms with Crippen LogP contribution in [0.25, 0.3) is 0 Å². The molecule has 264 valence electrons. The Kier molecular flexibility index (Phi) is 15.3. The molecule has 3 atom stereocenters. The standard InChI is InChI=1S/C27H44BrN2O15P/c1-25(2,21(33)40-13-14-42-24(36)45-29-19(31)9-10-20(29)32)17-26(3,18-27(4,28)23(35)39-8)22(34)41-15-16-44-46(37,38)43-12-11-30(5,6)7/h9-18H2,1-8H3/p+1. The van der Waals surface area contributed by atoms with Crippen LogP contribution in [-0.2, 0) is 61.4 Å². The molecule has 0 aromatic heterocycles. The lowest BCUT2D eigenvalue weighted by atomic mass is 9.69. The molecule has 0 bridgehead atoms. The van der Waals surface area contributed by atoms with Gasteiger partial charge in [-0.25, -0.2) is 9.36 Å². The minimum atomic E-state index is -4.41. The molecule has 1 rings (SSSR count). The number of rotatable bonds is 19. The maximum absolute atomic E-state index is 13.4. The summed E-state index contributed by atoms with van der Waals surface area (Å²) in [5.74, 6) is -3.71. The van der Waals surface area contributed by atoms with Gasteiger partial charge in [0.1, 0.15) is 37.3 Å². The third kappa shape index (κ3) is 14.0. The molecule has 0 aromatic carbocycles. The van der Waals surface area contributed by atoms with E-state index in [1.54, 1.807) is 0 Å². The number of nitrogens with zero attached hydrogens (tertiary/aromatic N) is 2. The van der Waals surface area contributed by atoms with Gasteiger partial charge in [0, 0.05) is 12.8 Å². The van der Waals surface area contributed by atoms with Crippen molar-refractivity contribution in [2.24, 2.45) is 10.8 Å². The highest BCUT2D eigenvalue weighted by Crippen LogP contribution is 2.45. The van der Waals surface area contributed by atoms with Gasteiger partial charge < -0.3 is 28.3 Å². The van der Waals surface area contributed by atoms with Gasteiger partial charge >= 0.3 is 31.9 Å². The Morgan fingerprint density at radius 3 is 1.87 bits per heavy atom. The van der Waals surface area contributed by atoms with E-state index >= 15 is 0 Å². The van der Waals surface area contributed by atoms with Gasteiger partial charge in [0.2, 0.25) is 0 Å². The van der Waals surface area contributed by atoms with Crippen molar-refractivity contribution >= 4 is 59.6 Å². The summed E-state index contributed by atoms with van der Waals surface area (Å²) in [6, 6.07) is 0. The van der Waals surface area contributed by atoms with E-state index in [-0.39, 0.29) is 32.3 Å². The van der Waals surface area contributed by atoms with Crippen LogP contribution in [0, 0.1) is 10.8 Å². The minimum Gasteiger partial charge on any atom is -0.468 e. The van der Waals surface area contributed by atoms with E-state index in [1.165, 1.54) is 34.8 Å². The van der Waals surface area contributed by atoms with Crippen molar-refractivity contribution in [1.82, 2.24) is 5.06 Å². The number of ether oxygens (including phenoxy) is 4. The van der Waals surface area contributed by atoms with Crippen molar-refractivity contribution in [3.05, 3.63) is 0 Å². The molecule has 1 aliphatic rings. The summed E-state index contributed by atoms with van der Waals surface area (Å²) in [5, 5.41) is 0.305. The predicted molar refractivity (Wildman–Crippen MR) is 161 cm³/mol. The van der Waals surface area contributed by atoms with Crippen LogP contribution in [0.15, 0.2) is 0 Å². The van der Waals surface area contributed by atoms with Crippen LogP contribution in [0.4, 0.5) is 4.79 Å². The number of halogens is 1. The van der Waals surface area contributed by atoms with Gasteiger partial charge in [0.05, 0.1) is 45.7 Å². The van der Waals surface area contributed by atoms with E-state index in [4.69, 9.17) is 28.0 Å². The molecule has 0 saturated carbocycles. The average Bonchev–Trinajstić information content (AvgIpc) is 3.23. The van der Waals surface area contributed by atoms with Crippen LogP contribution in [0.3, 0.4) is 0 Å². The number of hydroxylamine groups is 2. The number of amides is 2. The van der Waals surface area contributed by atoms with Crippen molar-refractivity contribution in [3.8, 4) is 0 Å². The molecule has 1 saturated heterocycles. The number of esters is 3. The molecule has 0 aromatic rings. The Morgan fingerprint density at radius 1 is 0.826 bits per heavy atom. The highest BCUT2D eigenvalue weighted by molar-refractivity contribution is 9.10. The Labute approximate surface area is 276 Å². The van der Waals surface area contributed by atoms with Crippen LogP contribution in [-0.4, -0.2) is 122 Å². The third-order valence-corrected chi connectivity index (χ3v) is 8.13. The number of likely N-dealkylation sites (N-methyl/N-ethyl adjacent to an activating group) is 1. The molecule has 0 radical (unpaired) electrons. The van der Waals surface area contributed by atoms with Gasteiger partial charge in [-0.1, -0.05) is 21.0 Å². The number of carbonyl (C=O) groups excluding carboxylic acids is 6. The van der Waals surface area contributed by atoms with Crippen LogP contribution in [0.2, 0.25) is 0 Å². The third-order valence-electron chi connectivity index (χ3n) is 6.51. The highest BCUT2D eigenvalue weighted by Gasteiger charge is 2.49. The first-order valence-electron chi connectivity index (χ1n) is 14.2. The fourth-order valence-electron chi connectivity index (χ4n) is 4.41. The van der Waals surface area contributed by atoms with Gasteiger partial charge in [-0.2, -0.15) is 0 Å². The first-order valence-corrected chi connectivity index (χ1v) is 16.5. The molecule has 1 N–H and O–H groups in total. The Morgan fingerprint density at radius 2 is 1.33 bits per heavy atom. The number of quaternary nitrogens is 1. The minimum absolute atomic E-state index is 0.0471. The molecular formula is C27H45BrN2O15P+. The summed E-state index contributed by atoms with van der Waals surface area (Å²) in [5.41, 5.74) is -2.88. The zero-order chi connectivity index (χ0) is 35.6. The lowest BCUT2D eigenvalue weighted by Gasteiger charge is -2.37. The summed E-state index contributed by atoms with van der Waals surface area (Å²) in [7, 11) is 2.39. The van der Waals surface area contributed by atoms with Crippen LogP contribution in [0.5, 0.6) is 0 Å². The highest BCUT2D eigenvalue weighted by atomic mass is 79.9. The maximum Gasteiger partial charge on any atom is 0.534 e. The summed E-state index contributed by atoms with van der Waals surface area (Å²) >= 11 is 3.29. The molecule has 0 aliphatic carbocycles. The lowest BCUT2D eigenvalue weighted by molar-refractivity contribution is -0.870. The van der Waals surface area contributed by atoms with Crippen LogP contribution < -0.4 is 0 Å². The fourth-order valence-corrected chi connectivity index (χ4v) is 5.89. The summed E-state index contributed by atoms with van der Waals surface area (Å²) in [6.45, 7) is 4.51. The number of carbonyl (C=O) groups is 6. The molecule has 1 heterocycles. The number of hydrogen-bond acceptors (Lipinski definition) is 14. The molecule has 1 fully saturated rings. The number of imide groups is 1. The second-order valence-electron chi connectivity index (χ2n) is 12.7. The molecule has 2 amide bonds. The Hall–Kier alpha value is -2.63. The van der Waals surface area contributed by atoms with E-state index in [1.807, 2.05) is 21.1 Å². The van der Waals surface area contributed by atoms with Crippen molar-refractivity contribution in [2.75, 3.05) is 67.8 Å². The van der Waals surface area contributed by atoms with Gasteiger partial charge in [-0.05, 0) is 40.5 Å². The summed E-state index contributed by atoms with van der Waals surface area (Å²) in [4.78, 5) is 88.1. The molecular weight excluding hydrogens is 703 g/mol. The van der Waals surface area contributed by atoms with Gasteiger partial charge in [0.25, 0.3) is 11.8 Å². The zero-order valence-electron chi connectivity index (χ0n) is 27.5. The van der Waals surface area contributed by atoms with Crippen molar-refractivity contribution in [1.29, 1.82) is 0 Å². The van der Waals surface area contributed by atoms with Gasteiger partial charge in [-0.3, -0.25) is 37.9 Å². The summed E-state index contributed by atoms with van der Waals surface area (Å²) < 4.78 is 41.2. The molecule has 1 aliphatic heterocycles. The van der Waals surface area contributed by atoms with E-state index in [2.05, 4.69) is 20.8 Å². The van der Waals surface area contributed by atoms with Crippen LogP contribution in [0.1, 0.15) is 53.4 Å². The second-order valence-corrected chi connectivity index (χ2v) is 15.9. The van der Waals surface area contributed by atoms with Crippen molar-refractivity contribution in [3.63, 3.8) is 0 Å². The molecule has 46 heavy (non-hydrogen) atoms. The normalized spacial score (nSPS) is 17.7. The fraction of sp³-hybridized carbons (Fsp3) is 0.778. The summed E-state index contributed by atoms with van der Waals surface area (Å²) in [6.07, 6.45) is -1.93. The molecule has 19 heteroatoms. The SMILES string of the molecule is COC(=O)C(C)(Br)CC(C)(CC(C)(C)C(=O)OCCOC(=O)ON1C(=O)CCC1=O)C(=O)OCCOP(=O)(O)OCC[N+](C)(C)C.